The van der Waals surface area contributed by atoms with Crippen LogP contribution in [0.15, 0.2) is 12.2 Å². The maximum Gasteiger partial charge on any atom is 0.310 e. The Labute approximate surface area is 139 Å². The normalized spacial score (nSPS) is 33.5. The van der Waals surface area contributed by atoms with Crippen LogP contribution in [0.5, 0.6) is 0 Å². The second kappa shape index (κ2) is 7.02. The molecule has 0 radical (unpaired) electrons. The molecule has 3 aliphatic rings. The van der Waals surface area contributed by atoms with E-state index in [1.54, 1.807) is 12.2 Å². The number of rotatable bonds is 4. The number of esters is 4. The number of hydrogen-bond donors (Lipinski definition) is 0. The van der Waals surface area contributed by atoms with Gasteiger partial charge < -0.3 is 18.9 Å². The van der Waals surface area contributed by atoms with Crippen LogP contribution in [0.25, 0.3) is 0 Å². The number of carbonyl (C=O) groups is 4. The maximum absolute atomic E-state index is 12.3. The van der Waals surface area contributed by atoms with E-state index in [-0.39, 0.29) is 0 Å². The molecule has 0 aromatic carbocycles. The van der Waals surface area contributed by atoms with Gasteiger partial charge in [0.25, 0.3) is 0 Å². The zero-order valence-corrected chi connectivity index (χ0v) is 13.9. The first-order valence-electron chi connectivity index (χ1n) is 7.42. The molecule has 0 heterocycles. The monoisotopic (exact) mass is 340 g/mol. The Morgan fingerprint density at radius 2 is 0.750 bits per heavy atom. The lowest BCUT2D eigenvalue weighted by molar-refractivity contribution is -0.182. The lowest BCUT2D eigenvalue weighted by Gasteiger charge is -2.48. The first kappa shape index (κ1) is 18.0. The van der Waals surface area contributed by atoms with Gasteiger partial charge in [-0.05, 0) is 0 Å². The summed E-state index contributed by atoms with van der Waals surface area (Å²) in [4.78, 5) is 49.0. The average Bonchev–Trinajstić information content (AvgIpc) is 2.64. The van der Waals surface area contributed by atoms with Crippen LogP contribution in [0.3, 0.4) is 0 Å². The molecule has 3 rings (SSSR count). The van der Waals surface area contributed by atoms with E-state index in [4.69, 9.17) is 18.9 Å². The Kier molecular flexibility index (Phi) is 5.26. The minimum Gasteiger partial charge on any atom is -0.469 e. The number of carbonyl (C=O) groups excluding carboxylic acids is 4. The molecule has 0 spiro atoms. The lowest BCUT2D eigenvalue weighted by Crippen LogP contribution is -2.58. The van der Waals surface area contributed by atoms with Crippen molar-refractivity contribution in [1.82, 2.24) is 0 Å². The van der Waals surface area contributed by atoms with Crippen LogP contribution in [-0.4, -0.2) is 52.3 Å². The summed E-state index contributed by atoms with van der Waals surface area (Å²) in [6.07, 6.45) is 3.32. The van der Waals surface area contributed by atoms with Crippen LogP contribution in [0, 0.1) is 35.5 Å². The topological polar surface area (TPSA) is 105 Å². The van der Waals surface area contributed by atoms with Crippen molar-refractivity contribution >= 4 is 23.9 Å². The molecule has 0 saturated heterocycles. The zero-order valence-electron chi connectivity index (χ0n) is 13.9. The van der Waals surface area contributed by atoms with Crippen LogP contribution >= 0.6 is 0 Å². The Bertz CT molecular complexity index is 487. The van der Waals surface area contributed by atoms with Crippen molar-refractivity contribution in [3.63, 3.8) is 0 Å². The Balaban J connectivity index is 2.56. The van der Waals surface area contributed by atoms with E-state index in [1.165, 1.54) is 28.4 Å². The highest BCUT2D eigenvalue weighted by molar-refractivity contribution is 5.90. The van der Waals surface area contributed by atoms with Gasteiger partial charge in [0.15, 0.2) is 0 Å². The van der Waals surface area contributed by atoms with Crippen LogP contribution in [0.4, 0.5) is 0 Å². The fourth-order valence-corrected chi connectivity index (χ4v) is 3.90. The smallest absolute Gasteiger partial charge is 0.310 e. The Hall–Kier alpha value is -2.38. The fourth-order valence-electron chi connectivity index (χ4n) is 3.90. The predicted octanol–water partition coefficient (Wildman–Crippen LogP) is -0.0410. The van der Waals surface area contributed by atoms with Crippen LogP contribution in [-0.2, 0) is 38.1 Å². The molecule has 8 nitrogen and oxygen atoms in total. The molecule has 132 valence electrons. The lowest BCUT2D eigenvalue weighted by atomic mass is 9.53. The minimum absolute atomic E-state index is 0.637. The summed E-state index contributed by atoms with van der Waals surface area (Å²) in [5.41, 5.74) is 0. The second-order valence-corrected chi connectivity index (χ2v) is 5.74. The average molecular weight is 340 g/mol. The van der Waals surface area contributed by atoms with E-state index < -0.39 is 59.4 Å². The van der Waals surface area contributed by atoms with Crippen molar-refractivity contribution < 1.29 is 38.1 Å². The molecule has 24 heavy (non-hydrogen) atoms. The third kappa shape index (κ3) is 2.65. The molecular weight excluding hydrogens is 320 g/mol. The standard InChI is InChI=1S/C16H20O8/c1-21-13(17)9-7-5-6-8(10(9)14(18)22-2)12(16(20)24-4)11(7)15(19)23-3/h5-12H,1-4H3. The first-order chi connectivity index (χ1) is 11.4. The largest absolute Gasteiger partial charge is 0.469 e. The van der Waals surface area contributed by atoms with E-state index in [2.05, 4.69) is 0 Å². The van der Waals surface area contributed by atoms with Crippen LogP contribution < -0.4 is 0 Å². The third-order valence-corrected chi connectivity index (χ3v) is 4.88. The first-order valence-corrected chi connectivity index (χ1v) is 7.42. The van der Waals surface area contributed by atoms with Gasteiger partial charge in [-0.3, -0.25) is 19.2 Å². The van der Waals surface area contributed by atoms with E-state index in [0.29, 0.717) is 0 Å². The minimum atomic E-state index is -0.928. The van der Waals surface area contributed by atoms with Gasteiger partial charge >= 0.3 is 23.9 Å². The predicted molar refractivity (Wildman–Crippen MR) is 78.1 cm³/mol. The molecule has 1 fully saturated rings. The molecule has 1 saturated carbocycles. The summed E-state index contributed by atoms with van der Waals surface area (Å²) in [5, 5.41) is 0. The van der Waals surface area contributed by atoms with Gasteiger partial charge in [0, 0.05) is 11.8 Å². The quantitative estimate of drug-likeness (QED) is 0.399. The van der Waals surface area contributed by atoms with Crippen LogP contribution in [0.1, 0.15) is 0 Å². The molecule has 8 heteroatoms. The summed E-state index contributed by atoms with van der Waals surface area (Å²) in [7, 11) is 4.81. The zero-order chi connectivity index (χ0) is 18.0. The highest BCUT2D eigenvalue weighted by atomic mass is 16.5. The van der Waals surface area contributed by atoms with Crippen molar-refractivity contribution in [3.8, 4) is 0 Å². The van der Waals surface area contributed by atoms with E-state index in [0.717, 1.165) is 0 Å². The number of hydrogen-bond acceptors (Lipinski definition) is 8. The highest BCUT2D eigenvalue weighted by Crippen LogP contribution is 2.52. The molecule has 0 amide bonds. The van der Waals surface area contributed by atoms with E-state index in [9.17, 15) is 19.2 Å². The number of fused-ring (bicyclic) bond motifs is 2. The number of ether oxygens (including phenoxy) is 4. The molecule has 0 aromatic heterocycles. The van der Waals surface area contributed by atoms with Crippen molar-refractivity contribution in [1.29, 1.82) is 0 Å². The number of allylic oxidation sites excluding steroid dienone is 2. The summed E-state index contributed by atoms with van der Waals surface area (Å²) in [6, 6.07) is 0. The molecule has 2 bridgehead atoms. The van der Waals surface area contributed by atoms with Crippen molar-refractivity contribution in [3.05, 3.63) is 12.2 Å². The van der Waals surface area contributed by atoms with Gasteiger partial charge in [-0.15, -0.1) is 0 Å². The summed E-state index contributed by atoms with van der Waals surface area (Å²) >= 11 is 0. The summed E-state index contributed by atoms with van der Waals surface area (Å²) in [6.45, 7) is 0. The molecule has 4 unspecified atom stereocenters. The van der Waals surface area contributed by atoms with Crippen molar-refractivity contribution in [2.75, 3.05) is 28.4 Å². The van der Waals surface area contributed by atoms with Crippen molar-refractivity contribution in [2.24, 2.45) is 35.5 Å². The molecule has 0 N–H and O–H groups in total. The molecule has 4 atom stereocenters. The van der Waals surface area contributed by atoms with E-state index >= 15 is 0 Å². The Morgan fingerprint density at radius 3 is 0.917 bits per heavy atom. The fraction of sp³-hybridized carbons (Fsp3) is 0.625. The number of methoxy groups -OCH3 is 4. The molecule has 3 aliphatic carbocycles. The highest BCUT2D eigenvalue weighted by Gasteiger charge is 2.62. The summed E-state index contributed by atoms with van der Waals surface area (Å²) in [5.74, 6) is -7.70. The third-order valence-electron chi connectivity index (χ3n) is 4.88. The van der Waals surface area contributed by atoms with Gasteiger partial charge in [0.05, 0.1) is 52.1 Å². The molecule has 0 aliphatic heterocycles. The molecule has 0 aromatic rings. The van der Waals surface area contributed by atoms with E-state index in [1.807, 2.05) is 0 Å². The molecular formula is C16H20O8. The van der Waals surface area contributed by atoms with Gasteiger partial charge in [-0.1, -0.05) is 12.2 Å². The maximum atomic E-state index is 12.3. The second-order valence-electron chi connectivity index (χ2n) is 5.74. The van der Waals surface area contributed by atoms with Gasteiger partial charge in [0.1, 0.15) is 0 Å². The van der Waals surface area contributed by atoms with Gasteiger partial charge in [-0.25, -0.2) is 0 Å². The van der Waals surface area contributed by atoms with Crippen molar-refractivity contribution in [2.45, 2.75) is 0 Å². The van der Waals surface area contributed by atoms with Crippen LogP contribution in [0.2, 0.25) is 0 Å². The van der Waals surface area contributed by atoms with Gasteiger partial charge in [0.2, 0.25) is 0 Å². The Morgan fingerprint density at radius 1 is 0.542 bits per heavy atom. The van der Waals surface area contributed by atoms with Gasteiger partial charge in [-0.2, -0.15) is 0 Å². The summed E-state index contributed by atoms with van der Waals surface area (Å²) < 4.78 is 19.2. The SMILES string of the molecule is COC(=O)C1C2C=CC(C1C(=O)OC)C(C(=O)OC)C2C(=O)OC.